The van der Waals surface area contributed by atoms with E-state index in [4.69, 9.17) is 4.43 Å². The fraction of sp³-hybridized carbons (Fsp3) is 0.647. The molecule has 0 unspecified atom stereocenters. The Bertz CT molecular complexity index is 510. The molecule has 0 radical (unpaired) electrons. The fourth-order valence-electron chi connectivity index (χ4n) is 2.05. The van der Waals surface area contributed by atoms with Crippen LogP contribution >= 0.6 is 0 Å². The second kappa shape index (κ2) is 7.92. The van der Waals surface area contributed by atoms with Gasteiger partial charge in [-0.2, -0.15) is 0 Å². The number of non-ortho nitro benzene ring substituents is 1. The minimum Gasteiger partial charge on any atom is -0.415 e. The Morgan fingerprint density at radius 3 is 2.17 bits per heavy atom. The van der Waals surface area contributed by atoms with Crippen molar-refractivity contribution in [3.63, 3.8) is 0 Å². The topological polar surface area (TPSA) is 55.6 Å². The van der Waals surface area contributed by atoms with Crippen molar-refractivity contribution in [3.05, 3.63) is 34.4 Å². The van der Waals surface area contributed by atoms with Crippen molar-refractivity contribution in [2.24, 2.45) is 0 Å². The van der Waals surface area contributed by atoms with E-state index in [1.807, 2.05) is 12.1 Å². The number of benzene rings is 1. The van der Waals surface area contributed by atoms with Gasteiger partial charge in [0.25, 0.3) is 5.69 Å². The summed E-state index contributed by atoms with van der Waals surface area (Å²) in [6, 6.07) is 6.76. The third kappa shape index (κ3) is 5.62. The quantitative estimate of drug-likeness (QED) is 0.387. The molecule has 23 heavy (non-hydrogen) atoms. The van der Waals surface area contributed by atoms with Crippen molar-refractivity contribution in [2.75, 3.05) is 24.6 Å². The van der Waals surface area contributed by atoms with Gasteiger partial charge in [0.05, 0.1) is 11.5 Å². The van der Waals surface area contributed by atoms with Crippen LogP contribution in [0.2, 0.25) is 18.1 Å². The molecule has 0 saturated heterocycles. The van der Waals surface area contributed by atoms with Gasteiger partial charge in [-0.3, -0.25) is 10.1 Å². The van der Waals surface area contributed by atoms with Gasteiger partial charge in [0.2, 0.25) is 0 Å². The van der Waals surface area contributed by atoms with Gasteiger partial charge in [0.15, 0.2) is 8.32 Å². The van der Waals surface area contributed by atoms with Crippen molar-refractivity contribution < 1.29 is 9.35 Å². The Labute approximate surface area is 140 Å². The first kappa shape index (κ1) is 19.6. The minimum atomic E-state index is -1.74. The van der Waals surface area contributed by atoms with Crippen LogP contribution in [0.4, 0.5) is 11.4 Å². The van der Waals surface area contributed by atoms with Crippen LogP contribution in [-0.4, -0.2) is 32.9 Å². The zero-order chi connectivity index (χ0) is 17.7. The lowest BCUT2D eigenvalue weighted by Crippen LogP contribution is -2.43. The average molecular weight is 339 g/mol. The van der Waals surface area contributed by atoms with E-state index >= 15 is 0 Å². The summed E-state index contributed by atoms with van der Waals surface area (Å²) in [6.45, 7) is 15.8. The van der Waals surface area contributed by atoms with E-state index in [0.29, 0.717) is 6.61 Å². The Morgan fingerprint density at radius 1 is 1.17 bits per heavy atom. The minimum absolute atomic E-state index is 0.128. The number of hydrogen-bond donors (Lipinski definition) is 0. The molecule has 0 aromatic heterocycles. The highest BCUT2D eigenvalue weighted by Gasteiger charge is 2.36. The van der Waals surface area contributed by atoms with E-state index in [-0.39, 0.29) is 15.6 Å². The second-order valence-corrected chi connectivity index (χ2v) is 12.2. The van der Waals surface area contributed by atoms with Crippen LogP contribution in [0, 0.1) is 10.1 Å². The number of nitro benzene ring substituents is 1. The second-order valence-electron chi connectivity index (χ2n) is 7.37. The molecule has 0 bridgehead atoms. The van der Waals surface area contributed by atoms with Crippen molar-refractivity contribution in [1.29, 1.82) is 0 Å². The molecule has 130 valence electrons. The highest BCUT2D eigenvalue weighted by atomic mass is 28.4. The molecule has 0 aliphatic rings. The normalized spacial score (nSPS) is 12.3. The molecule has 0 atom stereocenters. The molecule has 0 fully saturated rings. The summed E-state index contributed by atoms with van der Waals surface area (Å²) in [7, 11) is -1.74. The van der Waals surface area contributed by atoms with Crippen LogP contribution in [0.5, 0.6) is 0 Å². The smallest absolute Gasteiger partial charge is 0.269 e. The Morgan fingerprint density at radius 2 is 1.74 bits per heavy atom. The van der Waals surface area contributed by atoms with E-state index in [0.717, 1.165) is 25.2 Å². The predicted octanol–water partition coefficient (Wildman–Crippen LogP) is 4.83. The number of nitro groups is 1. The molecule has 1 aromatic rings. The average Bonchev–Trinajstić information content (AvgIpc) is 2.45. The van der Waals surface area contributed by atoms with Crippen molar-refractivity contribution in [1.82, 2.24) is 0 Å². The summed E-state index contributed by atoms with van der Waals surface area (Å²) < 4.78 is 6.24. The van der Waals surface area contributed by atoms with Gasteiger partial charge in [-0.15, -0.1) is 0 Å². The van der Waals surface area contributed by atoms with Gasteiger partial charge in [0, 0.05) is 30.9 Å². The van der Waals surface area contributed by atoms with Crippen LogP contribution in [0.3, 0.4) is 0 Å². The number of anilines is 1. The molecule has 0 aliphatic carbocycles. The maximum absolute atomic E-state index is 10.8. The summed E-state index contributed by atoms with van der Waals surface area (Å²) in [6.07, 6.45) is 1.02. The molecule has 0 N–H and O–H groups in total. The van der Waals surface area contributed by atoms with Gasteiger partial charge in [-0.05, 0) is 36.7 Å². The molecule has 1 rings (SSSR count). The summed E-state index contributed by atoms with van der Waals surface area (Å²) >= 11 is 0. The Balaban J connectivity index is 2.70. The van der Waals surface area contributed by atoms with E-state index in [9.17, 15) is 10.1 Å². The standard InChI is InChI=1S/C17H30N2O3Si/c1-7-12-18(13-14-22-23(5,6)17(2,3)4)15-8-10-16(11-9-15)19(20)21/h8-11H,7,12-14H2,1-6H3. The van der Waals surface area contributed by atoms with Gasteiger partial charge < -0.3 is 9.33 Å². The maximum Gasteiger partial charge on any atom is 0.269 e. The molecule has 0 aliphatic heterocycles. The van der Waals surface area contributed by atoms with Gasteiger partial charge >= 0.3 is 0 Å². The highest BCUT2D eigenvalue weighted by molar-refractivity contribution is 6.74. The van der Waals surface area contributed by atoms with Crippen molar-refractivity contribution in [2.45, 2.75) is 52.2 Å². The molecular formula is C17H30N2O3Si. The molecule has 0 amide bonds. The number of rotatable bonds is 8. The first-order valence-electron chi connectivity index (χ1n) is 8.22. The van der Waals surface area contributed by atoms with Crippen LogP contribution in [0.1, 0.15) is 34.1 Å². The lowest BCUT2D eigenvalue weighted by molar-refractivity contribution is -0.384. The fourth-order valence-corrected chi connectivity index (χ4v) is 3.09. The van der Waals surface area contributed by atoms with E-state index in [2.05, 4.69) is 45.7 Å². The summed E-state index contributed by atoms with van der Waals surface area (Å²) in [5.41, 5.74) is 1.14. The largest absolute Gasteiger partial charge is 0.415 e. The predicted molar refractivity (Wildman–Crippen MR) is 98.7 cm³/mol. The zero-order valence-electron chi connectivity index (χ0n) is 15.3. The first-order valence-corrected chi connectivity index (χ1v) is 11.1. The third-order valence-electron chi connectivity index (χ3n) is 4.55. The molecule has 0 saturated carbocycles. The molecular weight excluding hydrogens is 308 g/mol. The van der Waals surface area contributed by atoms with Crippen molar-refractivity contribution in [3.8, 4) is 0 Å². The van der Waals surface area contributed by atoms with Gasteiger partial charge in [0.1, 0.15) is 0 Å². The number of nitrogens with zero attached hydrogens (tertiary/aromatic N) is 2. The lowest BCUT2D eigenvalue weighted by atomic mass is 10.2. The zero-order valence-corrected chi connectivity index (χ0v) is 16.3. The van der Waals surface area contributed by atoms with E-state index in [1.165, 1.54) is 0 Å². The van der Waals surface area contributed by atoms with Crippen LogP contribution in [-0.2, 0) is 4.43 Å². The highest BCUT2D eigenvalue weighted by Crippen LogP contribution is 2.36. The van der Waals surface area contributed by atoms with Gasteiger partial charge in [-0.1, -0.05) is 27.7 Å². The lowest BCUT2D eigenvalue weighted by Gasteiger charge is -2.37. The SMILES string of the molecule is CCCN(CCO[Si](C)(C)C(C)(C)C)c1ccc([N+](=O)[O-])cc1. The molecule has 6 heteroatoms. The molecule has 0 spiro atoms. The van der Waals surface area contributed by atoms with E-state index < -0.39 is 8.32 Å². The molecule has 0 heterocycles. The number of hydrogen-bond acceptors (Lipinski definition) is 4. The molecule has 1 aromatic carbocycles. The van der Waals surface area contributed by atoms with Crippen LogP contribution in [0.15, 0.2) is 24.3 Å². The van der Waals surface area contributed by atoms with Crippen LogP contribution in [0.25, 0.3) is 0 Å². The summed E-state index contributed by atoms with van der Waals surface area (Å²) in [4.78, 5) is 12.6. The summed E-state index contributed by atoms with van der Waals surface area (Å²) in [5.74, 6) is 0. The van der Waals surface area contributed by atoms with Gasteiger partial charge in [-0.25, -0.2) is 0 Å². The summed E-state index contributed by atoms with van der Waals surface area (Å²) in [5, 5.41) is 11.0. The Hall–Kier alpha value is -1.40. The first-order chi connectivity index (χ1) is 10.6. The third-order valence-corrected chi connectivity index (χ3v) is 9.09. The maximum atomic E-state index is 10.8. The Kier molecular flexibility index (Phi) is 6.77. The molecule has 5 nitrogen and oxygen atoms in total. The van der Waals surface area contributed by atoms with Crippen LogP contribution < -0.4 is 4.90 Å². The van der Waals surface area contributed by atoms with E-state index in [1.54, 1.807) is 12.1 Å². The van der Waals surface area contributed by atoms with Crippen molar-refractivity contribution >= 4 is 19.7 Å². The monoisotopic (exact) mass is 338 g/mol.